The molecule has 2 heterocycles. The minimum Gasteiger partial charge on any atom is -0.461 e. The van der Waals surface area contributed by atoms with Crippen molar-refractivity contribution in [2.75, 3.05) is 24.1 Å². The summed E-state index contributed by atoms with van der Waals surface area (Å²) in [5, 5.41) is 17.2. The average molecular weight is 630 g/mol. The zero-order valence-electron chi connectivity index (χ0n) is 21.7. The lowest BCUT2D eigenvalue weighted by Gasteiger charge is -2.09. The normalized spacial score (nSPS) is 10.4. The van der Waals surface area contributed by atoms with Gasteiger partial charge in [-0.25, -0.2) is 9.59 Å². The second-order valence-corrected chi connectivity index (χ2v) is 9.47. The molecule has 0 aliphatic carbocycles. The highest BCUT2D eigenvalue weighted by molar-refractivity contribution is 6.35. The van der Waals surface area contributed by atoms with E-state index in [-0.39, 0.29) is 24.6 Å². The van der Waals surface area contributed by atoms with Crippen molar-refractivity contribution in [1.29, 1.82) is 0 Å². The molecule has 0 atom stereocenters. The summed E-state index contributed by atoms with van der Waals surface area (Å²) in [7, 11) is 0. The number of halogens is 4. The molecule has 16 heteroatoms. The van der Waals surface area contributed by atoms with Gasteiger partial charge in [-0.1, -0.05) is 46.4 Å². The monoisotopic (exact) mass is 628 g/mol. The Balaban J connectivity index is 0.000000220. The second-order valence-electron chi connectivity index (χ2n) is 7.78. The van der Waals surface area contributed by atoms with Crippen LogP contribution in [0, 0.1) is 13.8 Å². The molecule has 0 bridgehead atoms. The summed E-state index contributed by atoms with van der Waals surface area (Å²) < 4.78 is 9.77. The minimum absolute atomic E-state index is 0.150. The van der Waals surface area contributed by atoms with E-state index in [0.29, 0.717) is 42.9 Å². The van der Waals surface area contributed by atoms with Gasteiger partial charge in [-0.15, -0.1) is 10.2 Å². The summed E-state index contributed by atoms with van der Waals surface area (Å²) in [6, 6.07) is 9.96. The highest BCUT2D eigenvalue weighted by Crippen LogP contribution is 2.26. The van der Waals surface area contributed by atoms with Crippen molar-refractivity contribution in [3.63, 3.8) is 0 Å². The lowest BCUT2D eigenvalue weighted by Crippen LogP contribution is -2.14. The highest BCUT2D eigenvalue weighted by Gasteiger charge is 2.19. The molecule has 4 aromatic rings. The van der Waals surface area contributed by atoms with Crippen LogP contribution in [0.4, 0.5) is 11.4 Å². The molecule has 0 radical (unpaired) electrons. The van der Waals surface area contributed by atoms with Crippen LogP contribution in [0.1, 0.15) is 46.2 Å². The van der Waals surface area contributed by atoms with Crippen LogP contribution in [-0.2, 0) is 9.47 Å². The minimum atomic E-state index is -0.518. The number of anilines is 2. The molecule has 4 rings (SSSR count). The first-order valence-corrected chi connectivity index (χ1v) is 13.2. The Morgan fingerprint density at radius 1 is 0.725 bits per heavy atom. The Morgan fingerprint density at radius 3 is 1.45 bits per heavy atom. The standard InChI is InChI=1S/2C12H12Cl2N4O2/c2*1-3-20-12(19)11-7(2)18(17-15-11)16-10-6-8(13)4-5-9(10)14/h2*4-6,16H,3H2,1-2H3. The van der Waals surface area contributed by atoms with E-state index in [0.717, 1.165) is 0 Å². The van der Waals surface area contributed by atoms with E-state index >= 15 is 0 Å². The van der Waals surface area contributed by atoms with Crippen LogP contribution >= 0.6 is 46.4 Å². The van der Waals surface area contributed by atoms with Crippen molar-refractivity contribution in [2.24, 2.45) is 0 Å². The van der Waals surface area contributed by atoms with Crippen LogP contribution < -0.4 is 10.9 Å². The molecule has 0 saturated heterocycles. The summed E-state index contributed by atoms with van der Waals surface area (Å²) in [5.74, 6) is -1.04. The predicted octanol–water partition coefficient (Wildman–Crippen LogP) is 5.89. The number of hydrogen-bond donors (Lipinski definition) is 2. The third kappa shape index (κ3) is 7.75. The molecule has 2 aromatic carbocycles. The Bertz CT molecular complexity index is 1400. The number of ether oxygens (including phenoxy) is 2. The van der Waals surface area contributed by atoms with Crippen molar-refractivity contribution >= 4 is 69.7 Å². The smallest absolute Gasteiger partial charge is 0.360 e. The molecule has 0 aliphatic heterocycles. The van der Waals surface area contributed by atoms with Gasteiger partial charge >= 0.3 is 11.9 Å². The fourth-order valence-corrected chi connectivity index (χ4v) is 3.71. The van der Waals surface area contributed by atoms with Crippen LogP contribution in [-0.4, -0.2) is 55.4 Å². The number of benzene rings is 2. The Labute approximate surface area is 249 Å². The maximum atomic E-state index is 11.6. The number of carbonyl (C=O) groups is 2. The Morgan fingerprint density at radius 2 is 1.10 bits per heavy atom. The fourth-order valence-electron chi connectivity index (χ4n) is 3.04. The van der Waals surface area contributed by atoms with Crippen molar-refractivity contribution in [1.82, 2.24) is 30.2 Å². The van der Waals surface area contributed by atoms with E-state index in [2.05, 4.69) is 31.5 Å². The lowest BCUT2D eigenvalue weighted by molar-refractivity contribution is 0.0509. The van der Waals surface area contributed by atoms with Gasteiger partial charge in [0.2, 0.25) is 0 Å². The number of carbonyl (C=O) groups excluding carboxylic acids is 2. The molecule has 2 N–H and O–H groups in total. The van der Waals surface area contributed by atoms with Crippen LogP contribution in [0.5, 0.6) is 0 Å². The number of nitrogens with one attached hydrogen (secondary N) is 2. The molecule has 12 nitrogen and oxygen atoms in total. The molecule has 40 heavy (non-hydrogen) atoms. The zero-order valence-corrected chi connectivity index (χ0v) is 24.7. The third-order valence-corrected chi connectivity index (χ3v) is 6.17. The molecule has 0 spiro atoms. The molecule has 212 valence electrons. The Hall–Kier alpha value is -3.58. The summed E-state index contributed by atoms with van der Waals surface area (Å²) in [6.07, 6.45) is 0. The van der Waals surface area contributed by atoms with Crippen molar-refractivity contribution < 1.29 is 19.1 Å². The highest BCUT2D eigenvalue weighted by atomic mass is 35.5. The molecule has 0 amide bonds. The first-order chi connectivity index (χ1) is 19.0. The van der Waals surface area contributed by atoms with Gasteiger partial charge in [0.25, 0.3) is 0 Å². The summed E-state index contributed by atoms with van der Waals surface area (Å²) in [4.78, 5) is 26.0. The van der Waals surface area contributed by atoms with Gasteiger partial charge < -0.3 is 9.47 Å². The lowest BCUT2D eigenvalue weighted by atomic mass is 10.3. The van der Waals surface area contributed by atoms with Crippen molar-refractivity contribution in [2.45, 2.75) is 27.7 Å². The van der Waals surface area contributed by atoms with Gasteiger partial charge in [-0.2, -0.15) is 9.58 Å². The average Bonchev–Trinajstić information content (AvgIpc) is 3.46. The quantitative estimate of drug-likeness (QED) is 0.227. The van der Waals surface area contributed by atoms with E-state index in [9.17, 15) is 9.59 Å². The van der Waals surface area contributed by atoms with Crippen LogP contribution in [0.25, 0.3) is 0 Å². The maximum absolute atomic E-state index is 11.6. The predicted molar refractivity (Wildman–Crippen MR) is 152 cm³/mol. The first kappa shape index (κ1) is 31.0. The van der Waals surface area contributed by atoms with Crippen LogP contribution in [0.3, 0.4) is 0 Å². The SMILES string of the molecule is CCOC(=O)c1nnn(Nc2cc(Cl)ccc2Cl)c1C.CCOC(=O)c1nnn(Nc2cc(Cl)ccc2Cl)c1C. The van der Waals surface area contributed by atoms with E-state index in [1.54, 1.807) is 64.1 Å². The molecule has 0 unspecified atom stereocenters. The van der Waals surface area contributed by atoms with Gasteiger partial charge in [0.15, 0.2) is 11.4 Å². The van der Waals surface area contributed by atoms with Gasteiger partial charge in [-0.3, -0.25) is 10.9 Å². The molecular formula is C24H24Cl4N8O4. The summed E-state index contributed by atoms with van der Waals surface area (Å²) >= 11 is 23.9. The van der Waals surface area contributed by atoms with Crippen molar-refractivity contribution in [3.8, 4) is 0 Å². The van der Waals surface area contributed by atoms with Gasteiger partial charge in [-0.05, 0) is 74.5 Å². The first-order valence-electron chi connectivity index (χ1n) is 11.7. The van der Waals surface area contributed by atoms with Crippen LogP contribution in [0.2, 0.25) is 20.1 Å². The van der Waals surface area contributed by atoms with E-state index in [4.69, 9.17) is 55.9 Å². The second kappa shape index (κ2) is 14.2. The van der Waals surface area contributed by atoms with E-state index < -0.39 is 11.9 Å². The number of rotatable bonds is 8. The molecular weight excluding hydrogens is 606 g/mol. The third-order valence-electron chi connectivity index (χ3n) is 5.04. The molecule has 0 fully saturated rings. The van der Waals surface area contributed by atoms with Crippen LogP contribution in [0.15, 0.2) is 36.4 Å². The van der Waals surface area contributed by atoms with Gasteiger partial charge in [0, 0.05) is 10.0 Å². The number of aromatic nitrogens is 6. The van der Waals surface area contributed by atoms with Gasteiger partial charge in [0.05, 0.1) is 46.0 Å². The topological polar surface area (TPSA) is 138 Å². The molecule has 0 saturated carbocycles. The number of esters is 2. The Kier molecular flexibility index (Phi) is 11.0. The number of hydrogen-bond acceptors (Lipinski definition) is 10. The fraction of sp³-hybridized carbons (Fsp3) is 0.250. The largest absolute Gasteiger partial charge is 0.461 e. The maximum Gasteiger partial charge on any atom is 0.360 e. The van der Waals surface area contributed by atoms with E-state index in [1.807, 2.05) is 0 Å². The molecule has 2 aromatic heterocycles. The van der Waals surface area contributed by atoms with Crippen molar-refractivity contribution in [3.05, 3.63) is 79.3 Å². The summed E-state index contributed by atoms with van der Waals surface area (Å²) in [6.45, 7) is 7.38. The zero-order chi connectivity index (χ0) is 29.4. The molecule has 0 aliphatic rings. The number of nitrogens with zero attached hydrogens (tertiary/aromatic N) is 6. The van der Waals surface area contributed by atoms with E-state index in [1.165, 1.54) is 9.58 Å². The van der Waals surface area contributed by atoms with Gasteiger partial charge in [0.1, 0.15) is 0 Å². The summed E-state index contributed by atoms with van der Waals surface area (Å²) in [5.41, 5.74) is 8.28.